The molecule has 4 atom stereocenters. The minimum absolute atomic E-state index is 0.0371. The Morgan fingerprint density at radius 2 is 0.825 bits per heavy atom. The largest absolute Gasteiger partial charge is 0.422 e. The van der Waals surface area contributed by atoms with Crippen LogP contribution < -0.4 is 0 Å². The smallest absolute Gasteiger partial charge is 0.158 e. The highest BCUT2D eigenvalue weighted by Crippen LogP contribution is 2.44. The summed E-state index contributed by atoms with van der Waals surface area (Å²) in [5.74, 6) is 0.935. The molecule has 0 N–H and O–H groups in total. The van der Waals surface area contributed by atoms with Crippen LogP contribution in [0, 0.1) is 11.8 Å². The molecule has 0 aromatic rings. The number of carbonyl (C=O) groups excluding carboxylic acids is 1. The van der Waals surface area contributed by atoms with Crippen molar-refractivity contribution in [2.75, 3.05) is 0 Å². The predicted octanol–water partition coefficient (Wildman–Crippen LogP) is 9.81. The van der Waals surface area contributed by atoms with Crippen molar-refractivity contribution in [1.82, 2.24) is 0 Å². The summed E-state index contributed by atoms with van der Waals surface area (Å²) >= 11 is 0. The molecule has 0 saturated heterocycles. The summed E-state index contributed by atoms with van der Waals surface area (Å²) in [7, 11) is -9.82. The van der Waals surface area contributed by atoms with Gasteiger partial charge < -0.3 is 8.85 Å². The molecule has 240 valence electrons. The Balaban J connectivity index is 7.48. The van der Waals surface area contributed by atoms with Gasteiger partial charge in [-0.3, -0.25) is 4.79 Å². The monoisotopic (exact) mass is 694 g/mol. The molecular formula is C29H74O3Si8. The SMILES string of the molecule is CC[C@H](C)[C@@H](O[Si]([Si](C)(C)C)([Si](C)(C)C)[Si](C)(C)C)[C@@H](C)[C@H](CC(C)=O)O[Si]([Si](C)(C)C)([Si](C)(C)C)[Si](C)(C)C. The molecule has 0 aromatic carbocycles. The van der Waals surface area contributed by atoms with Gasteiger partial charge in [-0.25, -0.2) is 0 Å². The Bertz CT molecular complexity index is 764. The maximum atomic E-state index is 13.0. The van der Waals surface area contributed by atoms with E-state index >= 15 is 0 Å². The molecule has 0 unspecified atom stereocenters. The molecule has 40 heavy (non-hydrogen) atoms. The van der Waals surface area contributed by atoms with Crippen LogP contribution in [0.15, 0.2) is 0 Å². The van der Waals surface area contributed by atoms with Gasteiger partial charge in [0.05, 0.1) is 57.8 Å². The van der Waals surface area contributed by atoms with E-state index in [9.17, 15) is 4.79 Å². The Morgan fingerprint density at radius 3 is 1.05 bits per heavy atom. The van der Waals surface area contributed by atoms with Crippen LogP contribution in [0.1, 0.15) is 40.5 Å². The van der Waals surface area contributed by atoms with Gasteiger partial charge in [-0.2, -0.15) is 0 Å². The first-order valence-electron chi connectivity index (χ1n) is 16.1. The summed E-state index contributed by atoms with van der Waals surface area (Å²) in [4.78, 5) is 13.0. The van der Waals surface area contributed by atoms with Crippen LogP contribution in [-0.4, -0.2) is 77.3 Å². The van der Waals surface area contributed by atoms with Crippen LogP contribution in [0.3, 0.4) is 0 Å². The van der Waals surface area contributed by atoms with Gasteiger partial charge in [0.15, 0.2) is 13.7 Å². The zero-order valence-electron chi connectivity index (χ0n) is 31.4. The number of hydrogen-bond acceptors (Lipinski definition) is 3. The summed E-state index contributed by atoms with van der Waals surface area (Å²) in [5.41, 5.74) is 0. The molecule has 3 nitrogen and oxygen atoms in total. The summed E-state index contributed by atoms with van der Waals surface area (Å²) in [5, 5.41) is 0. The quantitative estimate of drug-likeness (QED) is 0.151. The maximum Gasteiger partial charge on any atom is 0.158 e. The maximum absolute atomic E-state index is 13.0. The minimum atomic E-state index is -2.11. The van der Waals surface area contributed by atoms with Gasteiger partial charge in [0, 0.05) is 12.3 Å². The Morgan fingerprint density at radius 1 is 0.550 bits per heavy atom. The van der Waals surface area contributed by atoms with Crippen LogP contribution in [0.25, 0.3) is 0 Å². The van der Waals surface area contributed by atoms with Gasteiger partial charge in [-0.1, -0.05) is 145 Å². The molecule has 0 aromatic heterocycles. The normalized spacial score (nSPS) is 18.4. The molecule has 0 radical (unpaired) electrons. The zero-order chi connectivity index (χ0) is 32.7. The molecule has 0 saturated carbocycles. The van der Waals surface area contributed by atoms with E-state index < -0.39 is 59.3 Å². The van der Waals surface area contributed by atoms with Crippen molar-refractivity contribution in [3.8, 4) is 0 Å². The number of Topliss-reactive ketones (excluding diaryl/α,β-unsaturated/α-hetero) is 1. The highest BCUT2D eigenvalue weighted by Gasteiger charge is 2.67. The second-order valence-corrected chi connectivity index (χ2v) is 98.1. The van der Waals surface area contributed by atoms with Crippen molar-refractivity contribution < 1.29 is 13.6 Å². The summed E-state index contributed by atoms with van der Waals surface area (Å²) in [6.45, 7) is 51.7. The third-order valence-electron chi connectivity index (χ3n) is 9.78. The molecule has 0 amide bonds. The van der Waals surface area contributed by atoms with E-state index in [1.165, 1.54) is 0 Å². The van der Waals surface area contributed by atoms with Crippen LogP contribution in [-0.2, 0) is 13.6 Å². The number of rotatable bonds is 16. The van der Waals surface area contributed by atoms with Crippen LogP contribution >= 0.6 is 0 Å². The van der Waals surface area contributed by atoms with Gasteiger partial charge in [-0.05, 0) is 12.8 Å². The van der Waals surface area contributed by atoms with Crippen molar-refractivity contribution in [3.63, 3.8) is 0 Å². The fourth-order valence-corrected chi connectivity index (χ4v) is 198. The lowest BCUT2D eigenvalue weighted by Gasteiger charge is -2.60. The van der Waals surface area contributed by atoms with Crippen LogP contribution in [0.2, 0.25) is 118 Å². The highest BCUT2D eigenvalue weighted by atomic mass is 29.9. The molecule has 0 aliphatic heterocycles. The third kappa shape index (κ3) is 8.32. The van der Waals surface area contributed by atoms with Crippen molar-refractivity contribution in [2.45, 2.75) is 171 Å². The predicted molar refractivity (Wildman–Crippen MR) is 205 cm³/mol. The summed E-state index contributed by atoms with van der Waals surface area (Å²) in [6.07, 6.45) is 1.76. The van der Waals surface area contributed by atoms with E-state index in [0.29, 0.717) is 12.3 Å². The first-order chi connectivity index (χ1) is 17.3. The topological polar surface area (TPSA) is 35.5 Å². The van der Waals surface area contributed by atoms with Crippen LogP contribution in [0.4, 0.5) is 0 Å². The zero-order valence-corrected chi connectivity index (χ0v) is 39.4. The molecule has 0 bridgehead atoms. The second kappa shape index (κ2) is 13.4. The van der Waals surface area contributed by atoms with Crippen molar-refractivity contribution in [2.24, 2.45) is 11.8 Å². The number of hydrogen-bond donors (Lipinski definition) is 0. The van der Waals surface area contributed by atoms with Gasteiger partial charge in [-0.15, -0.1) is 0 Å². The summed E-state index contributed by atoms with van der Waals surface area (Å²) in [6, 6.07) is 0. The molecule has 0 rings (SSSR count). The van der Waals surface area contributed by atoms with E-state index in [1.54, 1.807) is 6.92 Å². The Kier molecular flexibility index (Phi) is 13.8. The average molecular weight is 696 g/mol. The molecular weight excluding hydrogens is 621 g/mol. The van der Waals surface area contributed by atoms with Gasteiger partial charge in [0.25, 0.3) is 0 Å². The van der Waals surface area contributed by atoms with Gasteiger partial charge in [0.2, 0.25) is 0 Å². The summed E-state index contributed by atoms with van der Waals surface area (Å²) < 4.78 is 16.0. The van der Waals surface area contributed by atoms with E-state index in [2.05, 4.69) is 139 Å². The third-order valence-corrected chi connectivity index (χ3v) is 145. The second-order valence-electron chi connectivity index (χ2n) is 19.3. The Labute approximate surface area is 259 Å². The molecule has 0 fully saturated rings. The number of ketones is 1. The fraction of sp³-hybridized carbons (Fsp3) is 0.966. The van der Waals surface area contributed by atoms with E-state index in [0.717, 1.165) is 6.42 Å². The highest BCUT2D eigenvalue weighted by molar-refractivity contribution is 7.88. The van der Waals surface area contributed by atoms with E-state index in [1.807, 2.05) is 0 Å². The molecule has 0 heterocycles. The molecule has 0 aliphatic rings. The number of carbonyl (C=O) groups is 1. The lowest BCUT2D eigenvalue weighted by Crippen LogP contribution is -2.86. The first kappa shape index (κ1) is 41.3. The molecule has 0 spiro atoms. The molecule has 0 aliphatic carbocycles. The fourth-order valence-electron chi connectivity index (χ4n) is 10.0. The lowest BCUT2D eigenvalue weighted by atomic mass is 9.86. The Hall–Kier alpha value is 1.33. The average Bonchev–Trinajstić information content (AvgIpc) is 2.64. The van der Waals surface area contributed by atoms with Crippen molar-refractivity contribution in [3.05, 3.63) is 0 Å². The van der Waals surface area contributed by atoms with E-state index in [4.69, 9.17) is 8.85 Å². The molecule has 11 heteroatoms. The van der Waals surface area contributed by atoms with Crippen molar-refractivity contribution >= 4 is 65.1 Å². The minimum Gasteiger partial charge on any atom is -0.422 e. The van der Waals surface area contributed by atoms with Crippen molar-refractivity contribution in [1.29, 1.82) is 0 Å². The van der Waals surface area contributed by atoms with E-state index in [-0.39, 0.29) is 23.9 Å². The van der Waals surface area contributed by atoms with Crippen LogP contribution in [0.5, 0.6) is 0 Å². The standard InChI is InChI=1S/C29H74O3Si8/c1-23-25(2)29(32-40(36(14,15)16,37(17,18)19)38(20,21)22)27(4)28(24-26(3)30)31-39(33(5,6)7,34(8,9)10)35(11,12)13/h25,27-29H,23-24H2,1-22H3/t25-,27-,28-,29+/m0/s1. The van der Waals surface area contributed by atoms with Gasteiger partial charge in [0.1, 0.15) is 5.78 Å². The lowest BCUT2D eigenvalue weighted by molar-refractivity contribution is -0.119. The van der Waals surface area contributed by atoms with Gasteiger partial charge >= 0.3 is 0 Å². The first-order valence-corrected chi connectivity index (χ1v) is 46.9.